The van der Waals surface area contributed by atoms with Crippen LogP contribution in [-0.2, 0) is 6.54 Å². The van der Waals surface area contributed by atoms with Gasteiger partial charge in [0.1, 0.15) is 0 Å². The van der Waals surface area contributed by atoms with Crippen molar-refractivity contribution in [2.24, 2.45) is 0 Å². The molecule has 6 nitrogen and oxygen atoms in total. The van der Waals surface area contributed by atoms with Gasteiger partial charge < -0.3 is 10.2 Å². The van der Waals surface area contributed by atoms with E-state index in [0.29, 0.717) is 12.0 Å². The zero-order valence-electron chi connectivity index (χ0n) is 14.7. The lowest BCUT2D eigenvalue weighted by Gasteiger charge is -2.32. The maximum Gasteiger partial charge on any atom is 0.257 e. The van der Waals surface area contributed by atoms with Crippen LogP contribution in [0.5, 0.6) is 0 Å². The van der Waals surface area contributed by atoms with Crippen LogP contribution in [0.25, 0.3) is 0 Å². The number of carbonyl (C=O) groups is 1. The maximum absolute atomic E-state index is 13.1. The van der Waals surface area contributed by atoms with E-state index in [1.807, 2.05) is 6.20 Å². The lowest BCUT2D eigenvalue weighted by Crippen LogP contribution is -2.49. The zero-order chi connectivity index (χ0) is 16.5. The highest BCUT2D eigenvalue weighted by atomic mass is 16.2. The van der Waals surface area contributed by atoms with Crippen LogP contribution in [-0.4, -0.2) is 70.8 Å². The molecule has 132 valence electrons. The number of nitrogens with one attached hydrogen (secondary N) is 1. The average molecular weight is 331 g/mol. The fourth-order valence-corrected chi connectivity index (χ4v) is 4.18. The van der Waals surface area contributed by atoms with Crippen molar-refractivity contribution in [1.29, 1.82) is 0 Å². The van der Waals surface area contributed by atoms with Gasteiger partial charge in [-0.1, -0.05) is 6.92 Å². The van der Waals surface area contributed by atoms with Crippen LogP contribution in [0.15, 0.2) is 6.20 Å². The molecule has 4 rings (SSSR count). The van der Waals surface area contributed by atoms with Crippen LogP contribution in [0.3, 0.4) is 0 Å². The molecule has 3 fully saturated rings. The van der Waals surface area contributed by atoms with Gasteiger partial charge in [-0.25, -0.2) is 0 Å². The first kappa shape index (κ1) is 16.1. The van der Waals surface area contributed by atoms with E-state index in [4.69, 9.17) is 0 Å². The molecule has 3 heterocycles. The molecule has 0 aromatic carbocycles. The first-order valence-electron chi connectivity index (χ1n) is 9.57. The Kier molecular flexibility index (Phi) is 4.59. The molecule has 6 heteroatoms. The van der Waals surface area contributed by atoms with Gasteiger partial charge in [-0.15, -0.1) is 0 Å². The molecule has 1 aliphatic carbocycles. The number of carbonyl (C=O) groups excluding carboxylic acids is 1. The molecule has 1 N–H and O–H groups in total. The Balaban J connectivity index is 1.46. The van der Waals surface area contributed by atoms with E-state index in [2.05, 4.69) is 31.8 Å². The number of likely N-dealkylation sites (tertiary alicyclic amines) is 1. The molecule has 1 amide bonds. The molecule has 0 bridgehead atoms. The van der Waals surface area contributed by atoms with Gasteiger partial charge in [-0.2, -0.15) is 5.10 Å². The smallest absolute Gasteiger partial charge is 0.257 e. The zero-order valence-corrected chi connectivity index (χ0v) is 14.7. The highest BCUT2D eigenvalue weighted by molar-refractivity contribution is 5.95. The summed E-state index contributed by atoms with van der Waals surface area (Å²) in [5.41, 5.74) is 2.07. The summed E-state index contributed by atoms with van der Waals surface area (Å²) in [5, 5.41) is 7.93. The van der Waals surface area contributed by atoms with Gasteiger partial charge in [0, 0.05) is 57.8 Å². The van der Waals surface area contributed by atoms with Crippen LogP contribution < -0.4 is 5.32 Å². The molecular formula is C18H29N5O. The minimum atomic E-state index is 0.205. The summed E-state index contributed by atoms with van der Waals surface area (Å²) in [5.74, 6) is 0.765. The third kappa shape index (κ3) is 3.09. The number of hydrogen-bond acceptors (Lipinski definition) is 4. The van der Waals surface area contributed by atoms with Crippen LogP contribution in [0.2, 0.25) is 0 Å². The van der Waals surface area contributed by atoms with E-state index in [0.717, 1.165) is 64.2 Å². The van der Waals surface area contributed by atoms with Crippen molar-refractivity contribution < 1.29 is 4.79 Å². The molecule has 2 aliphatic heterocycles. The largest absolute Gasteiger partial charge is 0.337 e. The molecule has 0 radical (unpaired) electrons. The Morgan fingerprint density at radius 3 is 2.75 bits per heavy atom. The lowest BCUT2D eigenvalue weighted by atomic mass is 10.1. The highest BCUT2D eigenvalue weighted by Gasteiger charge is 2.36. The van der Waals surface area contributed by atoms with Gasteiger partial charge in [0.2, 0.25) is 0 Å². The summed E-state index contributed by atoms with van der Waals surface area (Å²) in [6.07, 6.45) is 6.40. The quantitative estimate of drug-likeness (QED) is 0.883. The second-order valence-electron chi connectivity index (χ2n) is 7.42. The Morgan fingerprint density at radius 1 is 1.25 bits per heavy atom. The molecule has 2 saturated heterocycles. The van der Waals surface area contributed by atoms with Crippen molar-refractivity contribution in [2.45, 2.75) is 51.1 Å². The molecule has 1 atom stereocenters. The fourth-order valence-electron chi connectivity index (χ4n) is 4.18. The third-order valence-corrected chi connectivity index (χ3v) is 5.63. The standard InChI is InChI=1S/C18H29N5O/c1-2-8-23-17(14-3-4-14)16(12-20-23)18(24)22-9-5-15(13-22)21-10-6-19-7-11-21/h12,14-15,19H,2-11,13H2,1H3. The first-order valence-corrected chi connectivity index (χ1v) is 9.57. The SMILES string of the molecule is CCCn1ncc(C(=O)N2CCC(N3CCNCC3)C2)c1C1CC1. The molecule has 1 saturated carbocycles. The van der Waals surface area contributed by atoms with Crippen molar-refractivity contribution >= 4 is 5.91 Å². The van der Waals surface area contributed by atoms with E-state index in [-0.39, 0.29) is 5.91 Å². The van der Waals surface area contributed by atoms with Crippen molar-refractivity contribution in [1.82, 2.24) is 24.9 Å². The van der Waals surface area contributed by atoms with Gasteiger partial charge in [0.25, 0.3) is 5.91 Å². The molecular weight excluding hydrogens is 302 g/mol. The number of amides is 1. The van der Waals surface area contributed by atoms with Gasteiger partial charge in [0.05, 0.1) is 17.5 Å². The predicted octanol–water partition coefficient (Wildman–Crippen LogP) is 1.29. The molecule has 24 heavy (non-hydrogen) atoms. The van der Waals surface area contributed by atoms with Crippen molar-refractivity contribution in [2.75, 3.05) is 39.3 Å². The third-order valence-electron chi connectivity index (χ3n) is 5.63. The summed E-state index contributed by atoms with van der Waals surface area (Å²) < 4.78 is 2.08. The van der Waals surface area contributed by atoms with Gasteiger partial charge in [-0.3, -0.25) is 14.4 Å². The molecule has 0 spiro atoms. The summed E-state index contributed by atoms with van der Waals surface area (Å²) in [4.78, 5) is 17.7. The summed E-state index contributed by atoms with van der Waals surface area (Å²) >= 11 is 0. The summed E-state index contributed by atoms with van der Waals surface area (Å²) in [7, 11) is 0. The minimum absolute atomic E-state index is 0.205. The highest BCUT2D eigenvalue weighted by Crippen LogP contribution is 2.42. The molecule has 1 aromatic rings. The van der Waals surface area contributed by atoms with E-state index < -0.39 is 0 Å². The number of aryl methyl sites for hydroxylation is 1. The Hall–Kier alpha value is -1.40. The molecule has 3 aliphatic rings. The van der Waals surface area contributed by atoms with Crippen LogP contribution >= 0.6 is 0 Å². The monoisotopic (exact) mass is 331 g/mol. The van der Waals surface area contributed by atoms with Crippen LogP contribution in [0, 0.1) is 0 Å². The molecule has 1 aromatic heterocycles. The molecule has 1 unspecified atom stereocenters. The Labute approximate surface area is 144 Å². The van der Waals surface area contributed by atoms with Crippen molar-refractivity contribution in [3.8, 4) is 0 Å². The minimum Gasteiger partial charge on any atom is -0.337 e. The van der Waals surface area contributed by atoms with Crippen molar-refractivity contribution in [3.05, 3.63) is 17.5 Å². The average Bonchev–Trinajstić information content (AvgIpc) is 3.18. The summed E-state index contributed by atoms with van der Waals surface area (Å²) in [6.45, 7) is 9.20. The predicted molar refractivity (Wildman–Crippen MR) is 93.2 cm³/mol. The topological polar surface area (TPSA) is 53.4 Å². The number of aromatic nitrogens is 2. The Morgan fingerprint density at radius 2 is 2.04 bits per heavy atom. The van der Waals surface area contributed by atoms with Gasteiger partial charge in [0.15, 0.2) is 0 Å². The van der Waals surface area contributed by atoms with E-state index in [1.165, 1.54) is 18.5 Å². The maximum atomic E-state index is 13.1. The second kappa shape index (κ2) is 6.84. The summed E-state index contributed by atoms with van der Waals surface area (Å²) in [6, 6.07) is 0.533. The van der Waals surface area contributed by atoms with Gasteiger partial charge >= 0.3 is 0 Å². The van der Waals surface area contributed by atoms with Gasteiger partial charge in [-0.05, 0) is 25.7 Å². The Bertz CT molecular complexity index is 588. The van der Waals surface area contributed by atoms with Crippen LogP contribution in [0.4, 0.5) is 0 Å². The van der Waals surface area contributed by atoms with E-state index in [1.54, 1.807) is 0 Å². The first-order chi connectivity index (χ1) is 11.8. The van der Waals surface area contributed by atoms with Crippen molar-refractivity contribution in [3.63, 3.8) is 0 Å². The number of nitrogens with zero attached hydrogens (tertiary/aromatic N) is 4. The van der Waals surface area contributed by atoms with E-state index in [9.17, 15) is 4.79 Å². The number of hydrogen-bond donors (Lipinski definition) is 1. The second-order valence-corrected chi connectivity index (χ2v) is 7.42. The number of piperazine rings is 1. The normalized spacial score (nSPS) is 25.4. The number of rotatable bonds is 5. The fraction of sp³-hybridized carbons (Fsp3) is 0.778. The van der Waals surface area contributed by atoms with Crippen LogP contribution in [0.1, 0.15) is 54.6 Å². The van der Waals surface area contributed by atoms with E-state index >= 15 is 0 Å². The lowest BCUT2D eigenvalue weighted by molar-refractivity contribution is 0.0772.